The molecule has 0 radical (unpaired) electrons. The minimum atomic E-state index is -2.93. The molecule has 2 aliphatic rings. The zero-order chi connectivity index (χ0) is 16.1. The lowest BCUT2D eigenvalue weighted by Crippen LogP contribution is -2.62. The Balaban J connectivity index is 1.92. The smallest absolute Gasteiger partial charge is 0.158 e. The van der Waals surface area contributed by atoms with Gasteiger partial charge in [-0.15, -0.1) is 0 Å². The summed E-state index contributed by atoms with van der Waals surface area (Å²) in [6, 6.07) is 0. The first-order valence-corrected chi connectivity index (χ1v) is 10.0. The van der Waals surface area contributed by atoms with Crippen LogP contribution in [-0.4, -0.2) is 42.4 Å². The summed E-state index contributed by atoms with van der Waals surface area (Å²) in [6.07, 6.45) is 3.89. The molecule has 0 aromatic rings. The molecule has 0 aromatic heterocycles. The van der Waals surface area contributed by atoms with Crippen LogP contribution in [0.3, 0.4) is 0 Å². The van der Waals surface area contributed by atoms with Crippen LogP contribution in [0.4, 0.5) is 0 Å². The SMILES string of the molecule is CC(C)(C)C1CCC(S(=O)(=O)C2CN(C(C)(C)C)C2)CC1. The van der Waals surface area contributed by atoms with Gasteiger partial charge in [0, 0.05) is 18.6 Å². The van der Waals surface area contributed by atoms with E-state index in [4.69, 9.17) is 0 Å². The lowest BCUT2D eigenvalue weighted by molar-refractivity contribution is 0.0716. The molecule has 0 atom stereocenters. The highest BCUT2D eigenvalue weighted by atomic mass is 32.2. The fourth-order valence-corrected chi connectivity index (χ4v) is 5.97. The minimum absolute atomic E-state index is 0.0804. The van der Waals surface area contributed by atoms with Crippen molar-refractivity contribution in [3.8, 4) is 0 Å². The van der Waals surface area contributed by atoms with Crippen LogP contribution in [0.15, 0.2) is 0 Å². The maximum atomic E-state index is 12.8. The number of hydrogen-bond donors (Lipinski definition) is 0. The van der Waals surface area contributed by atoms with Gasteiger partial charge in [0.05, 0.1) is 10.5 Å². The first-order chi connectivity index (χ1) is 9.42. The maximum Gasteiger partial charge on any atom is 0.158 e. The molecule has 1 saturated heterocycles. The number of nitrogens with zero attached hydrogens (tertiary/aromatic N) is 1. The third-order valence-corrected chi connectivity index (χ3v) is 8.25. The Labute approximate surface area is 131 Å². The van der Waals surface area contributed by atoms with Crippen molar-refractivity contribution in [2.75, 3.05) is 13.1 Å². The first kappa shape index (κ1) is 17.3. The Hall–Kier alpha value is -0.0900. The Morgan fingerprint density at radius 2 is 1.29 bits per heavy atom. The van der Waals surface area contributed by atoms with Crippen LogP contribution in [0, 0.1) is 11.3 Å². The summed E-state index contributed by atoms with van der Waals surface area (Å²) < 4.78 is 25.5. The summed E-state index contributed by atoms with van der Waals surface area (Å²) in [5, 5.41) is -0.198. The van der Waals surface area contributed by atoms with Gasteiger partial charge in [-0.05, 0) is 57.8 Å². The second kappa shape index (κ2) is 5.52. The fourth-order valence-electron chi connectivity index (χ4n) is 3.72. The van der Waals surface area contributed by atoms with E-state index >= 15 is 0 Å². The molecule has 0 unspecified atom stereocenters. The Bertz CT molecular complexity index is 456. The Kier molecular flexibility index (Phi) is 4.54. The maximum absolute atomic E-state index is 12.8. The largest absolute Gasteiger partial charge is 0.296 e. The lowest BCUT2D eigenvalue weighted by atomic mass is 9.72. The van der Waals surface area contributed by atoms with Gasteiger partial charge in [0.15, 0.2) is 9.84 Å². The van der Waals surface area contributed by atoms with Crippen molar-refractivity contribution in [3.05, 3.63) is 0 Å². The van der Waals surface area contributed by atoms with Crippen molar-refractivity contribution >= 4 is 9.84 Å². The molecule has 1 aliphatic heterocycles. The summed E-state index contributed by atoms with van der Waals surface area (Å²) in [5.74, 6) is 0.677. The van der Waals surface area contributed by atoms with E-state index in [0.717, 1.165) is 38.8 Å². The van der Waals surface area contributed by atoms with Crippen LogP contribution in [0.25, 0.3) is 0 Å². The van der Waals surface area contributed by atoms with Gasteiger partial charge in [-0.25, -0.2) is 8.42 Å². The van der Waals surface area contributed by atoms with E-state index in [1.165, 1.54) is 0 Å². The summed E-state index contributed by atoms with van der Waals surface area (Å²) in [6.45, 7) is 14.8. The summed E-state index contributed by atoms with van der Waals surface area (Å²) in [5.41, 5.74) is 0.407. The van der Waals surface area contributed by atoms with E-state index in [1.807, 2.05) is 0 Å². The van der Waals surface area contributed by atoms with E-state index < -0.39 is 9.84 Å². The molecule has 1 saturated carbocycles. The van der Waals surface area contributed by atoms with Gasteiger partial charge in [-0.3, -0.25) is 4.90 Å². The van der Waals surface area contributed by atoms with Gasteiger partial charge in [0.2, 0.25) is 0 Å². The number of rotatable bonds is 2. The zero-order valence-corrected chi connectivity index (χ0v) is 15.5. The molecule has 0 amide bonds. The average molecular weight is 316 g/mol. The minimum Gasteiger partial charge on any atom is -0.296 e. The highest BCUT2D eigenvalue weighted by Crippen LogP contribution is 2.41. The van der Waals surface area contributed by atoms with Gasteiger partial charge in [0.25, 0.3) is 0 Å². The van der Waals surface area contributed by atoms with Crippen LogP contribution in [0.1, 0.15) is 67.2 Å². The van der Waals surface area contributed by atoms with Gasteiger partial charge >= 0.3 is 0 Å². The topological polar surface area (TPSA) is 37.4 Å². The lowest BCUT2D eigenvalue weighted by Gasteiger charge is -2.48. The molecule has 4 heteroatoms. The normalized spacial score (nSPS) is 30.2. The van der Waals surface area contributed by atoms with Crippen LogP contribution in [0.5, 0.6) is 0 Å². The molecule has 0 N–H and O–H groups in total. The third kappa shape index (κ3) is 3.64. The van der Waals surface area contributed by atoms with Crippen molar-refractivity contribution in [1.29, 1.82) is 0 Å². The highest BCUT2D eigenvalue weighted by molar-refractivity contribution is 7.92. The molecule has 21 heavy (non-hydrogen) atoms. The Morgan fingerprint density at radius 3 is 1.67 bits per heavy atom. The predicted molar refractivity (Wildman–Crippen MR) is 89.2 cm³/mol. The molecule has 124 valence electrons. The molecule has 0 aromatic carbocycles. The number of likely N-dealkylation sites (tertiary alicyclic amines) is 1. The van der Waals surface area contributed by atoms with Crippen molar-refractivity contribution in [1.82, 2.24) is 4.90 Å². The van der Waals surface area contributed by atoms with E-state index in [2.05, 4.69) is 46.4 Å². The molecule has 1 aliphatic carbocycles. The fraction of sp³-hybridized carbons (Fsp3) is 1.00. The van der Waals surface area contributed by atoms with Crippen LogP contribution >= 0.6 is 0 Å². The molecular weight excluding hydrogens is 282 g/mol. The molecule has 2 fully saturated rings. The third-order valence-electron chi connectivity index (χ3n) is 5.62. The highest BCUT2D eigenvalue weighted by Gasteiger charge is 2.46. The van der Waals surface area contributed by atoms with Gasteiger partial charge in [0.1, 0.15) is 0 Å². The Morgan fingerprint density at radius 1 is 0.810 bits per heavy atom. The second-order valence-electron chi connectivity index (χ2n) is 9.13. The summed E-state index contributed by atoms with van der Waals surface area (Å²) in [7, 11) is -2.93. The van der Waals surface area contributed by atoms with Crippen molar-refractivity contribution in [2.45, 2.75) is 83.3 Å². The molecular formula is C17H33NO2S. The van der Waals surface area contributed by atoms with E-state index in [9.17, 15) is 8.42 Å². The van der Waals surface area contributed by atoms with Crippen molar-refractivity contribution in [3.63, 3.8) is 0 Å². The first-order valence-electron chi connectivity index (χ1n) is 8.40. The average Bonchev–Trinajstić information content (AvgIpc) is 2.23. The molecule has 1 heterocycles. The summed E-state index contributed by atoms with van der Waals surface area (Å²) >= 11 is 0. The molecule has 2 rings (SSSR count). The zero-order valence-electron chi connectivity index (χ0n) is 14.6. The second-order valence-corrected chi connectivity index (χ2v) is 11.6. The van der Waals surface area contributed by atoms with Crippen molar-refractivity contribution in [2.24, 2.45) is 11.3 Å². The van der Waals surface area contributed by atoms with Crippen LogP contribution in [-0.2, 0) is 9.84 Å². The van der Waals surface area contributed by atoms with Crippen LogP contribution in [0.2, 0.25) is 0 Å². The number of hydrogen-bond acceptors (Lipinski definition) is 3. The standard InChI is InChI=1S/C17H33NO2S/c1-16(2,3)13-7-9-14(10-8-13)21(19,20)15-11-18(12-15)17(4,5)6/h13-15H,7-12H2,1-6H3. The quantitative estimate of drug-likeness (QED) is 0.783. The van der Waals surface area contributed by atoms with Gasteiger partial charge in [-0.1, -0.05) is 20.8 Å². The van der Waals surface area contributed by atoms with E-state index in [-0.39, 0.29) is 16.0 Å². The molecule has 0 bridgehead atoms. The van der Waals surface area contributed by atoms with Crippen LogP contribution < -0.4 is 0 Å². The van der Waals surface area contributed by atoms with E-state index in [1.54, 1.807) is 0 Å². The molecule has 3 nitrogen and oxygen atoms in total. The van der Waals surface area contributed by atoms with E-state index in [0.29, 0.717) is 11.3 Å². The van der Waals surface area contributed by atoms with Gasteiger partial charge in [-0.2, -0.15) is 0 Å². The molecule has 0 spiro atoms. The monoisotopic (exact) mass is 315 g/mol. The predicted octanol–water partition coefficient (Wildman–Crippen LogP) is 3.49. The number of sulfone groups is 1. The van der Waals surface area contributed by atoms with Gasteiger partial charge < -0.3 is 0 Å². The summed E-state index contributed by atoms with van der Waals surface area (Å²) in [4.78, 5) is 2.27. The van der Waals surface area contributed by atoms with Crippen molar-refractivity contribution < 1.29 is 8.42 Å².